The van der Waals surface area contributed by atoms with Crippen molar-refractivity contribution < 1.29 is 0 Å². The molecule has 0 heterocycles. The van der Waals surface area contributed by atoms with E-state index in [1.165, 1.54) is 6.42 Å². The van der Waals surface area contributed by atoms with Crippen molar-refractivity contribution in [2.24, 2.45) is 5.92 Å². The van der Waals surface area contributed by atoms with Gasteiger partial charge in [-0.3, -0.25) is 5.32 Å². The first kappa shape index (κ1) is 12.9. The molecule has 13 heavy (non-hydrogen) atoms. The highest BCUT2D eigenvalue weighted by atomic mass is 15.2. The van der Waals surface area contributed by atoms with Crippen LogP contribution in [0, 0.1) is 5.92 Å². The van der Waals surface area contributed by atoms with Crippen LogP contribution in [0.15, 0.2) is 0 Å². The van der Waals surface area contributed by atoms with E-state index in [0.717, 1.165) is 6.54 Å². The van der Waals surface area contributed by atoms with E-state index in [-0.39, 0.29) is 5.54 Å². The van der Waals surface area contributed by atoms with E-state index in [0.29, 0.717) is 12.1 Å². The van der Waals surface area contributed by atoms with Gasteiger partial charge in [0.1, 0.15) is 0 Å². The van der Waals surface area contributed by atoms with E-state index in [2.05, 4.69) is 52.2 Å². The second-order valence-electron chi connectivity index (χ2n) is 4.82. The lowest BCUT2D eigenvalue weighted by Gasteiger charge is -2.32. The van der Waals surface area contributed by atoms with Crippen molar-refractivity contribution in [1.29, 1.82) is 0 Å². The largest absolute Gasteiger partial charge is 0.302 e. The first-order valence-corrected chi connectivity index (χ1v) is 5.41. The maximum Gasteiger partial charge on any atom is 0.0601 e. The molecule has 0 aromatic rings. The summed E-state index contributed by atoms with van der Waals surface area (Å²) in [7, 11) is 0. The van der Waals surface area contributed by atoms with E-state index in [9.17, 15) is 0 Å². The fraction of sp³-hybridized carbons (Fsp3) is 1.00. The molecule has 0 rings (SSSR count). The zero-order valence-corrected chi connectivity index (χ0v) is 10.1. The lowest BCUT2D eigenvalue weighted by Crippen LogP contribution is -2.54. The van der Waals surface area contributed by atoms with Gasteiger partial charge in [0.15, 0.2) is 0 Å². The van der Waals surface area contributed by atoms with E-state index in [1.807, 2.05) is 0 Å². The lowest BCUT2D eigenvalue weighted by molar-refractivity contribution is 0.250. The Hall–Kier alpha value is -0.0800. The van der Waals surface area contributed by atoms with Gasteiger partial charge in [-0.1, -0.05) is 27.2 Å². The molecule has 2 nitrogen and oxygen atoms in total. The third kappa shape index (κ3) is 6.05. The Labute approximate surface area is 83.5 Å². The van der Waals surface area contributed by atoms with Gasteiger partial charge in [0.2, 0.25) is 0 Å². The van der Waals surface area contributed by atoms with Gasteiger partial charge in [-0.05, 0) is 33.2 Å². The summed E-state index contributed by atoms with van der Waals surface area (Å²) in [5, 5.41) is 7.08. The summed E-state index contributed by atoms with van der Waals surface area (Å²) in [6.45, 7) is 14.3. The van der Waals surface area contributed by atoms with Crippen LogP contribution in [0.25, 0.3) is 0 Å². The van der Waals surface area contributed by atoms with Gasteiger partial charge >= 0.3 is 0 Å². The second kappa shape index (κ2) is 5.61. The van der Waals surface area contributed by atoms with Crippen LogP contribution in [0.5, 0.6) is 0 Å². The van der Waals surface area contributed by atoms with Crippen molar-refractivity contribution in [3.8, 4) is 0 Å². The van der Waals surface area contributed by atoms with E-state index >= 15 is 0 Å². The smallest absolute Gasteiger partial charge is 0.0601 e. The molecule has 0 spiro atoms. The summed E-state index contributed by atoms with van der Waals surface area (Å²) in [6, 6.07) is 0. The van der Waals surface area contributed by atoms with Crippen molar-refractivity contribution in [2.45, 2.75) is 59.7 Å². The molecule has 0 radical (unpaired) electrons. The maximum absolute atomic E-state index is 3.60. The van der Waals surface area contributed by atoms with Gasteiger partial charge in [-0.25, -0.2) is 0 Å². The average molecular weight is 186 g/mol. The summed E-state index contributed by atoms with van der Waals surface area (Å²) in [5.74, 6) is 0.680. The minimum atomic E-state index is 0.191. The Kier molecular flexibility index (Phi) is 5.57. The summed E-state index contributed by atoms with van der Waals surface area (Å²) in [6.07, 6.45) is 1.65. The van der Waals surface area contributed by atoms with Gasteiger partial charge in [0.05, 0.1) is 6.17 Å². The monoisotopic (exact) mass is 186 g/mol. The van der Waals surface area contributed by atoms with Crippen molar-refractivity contribution in [1.82, 2.24) is 10.6 Å². The molecule has 0 bridgehead atoms. The second-order valence-corrected chi connectivity index (χ2v) is 4.82. The van der Waals surface area contributed by atoms with Gasteiger partial charge in [-0.2, -0.15) is 0 Å². The van der Waals surface area contributed by atoms with Crippen LogP contribution in [0.4, 0.5) is 0 Å². The molecule has 2 heteroatoms. The SMILES string of the molecule is CCNC(NC(C)(C)C)C(C)CC. The summed E-state index contributed by atoms with van der Waals surface area (Å²) < 4.78 is 0. The highest BCUT2D eigenvalue weighted by Gasteiger charge is 2.20. The third-order valence-electron chi connectivity index (χ3n) is 2.23. The number of hydrogen-bond acceptors (Lipinski definition) is 2. The Morgan fingerprint density at radius 3 is 2.00 bits per heavy atom. The van der Waals surface area contributed by atoms with Crippen molar-refractivity contribution in [3.05, 3.63) is 0 Å². The summed E-state index contributed by atoms with van der Waals surface area (Å²) in [4.78, 5) is 0. The standard InChI is InChI=1S/C11H26N2/c1-7-9(3)10(12-8-2)13-11(4,5)6/h9-10,12-13H,7-8H2,1-6H3. The first-order valence-electron chi connectivity index (χ1n) is 5.41. The van der Waals surface area contributed by atoms with Crippen molar-refractivity contribution >= 4 is 0 Å². The lowest BCUT2D eigenvalue weighted by atomic mass is 10.0. The van der Waals surface area contributed by atoms with Crippen LogP contribution in [0.3, 0.4) is 0 Å². The van der Waals surface area contributed by atoms with E-state index < -0.39 is 0 Å². The number of hydrogen-bond donors (Lipinski definition) is 2. The average Bonchev–Trinajstić information content (AvgIpc) is 2.00. The molecule has 0 saturated heterocycles. The molecule has 2 atom stereocenters. The van der Waals surface area contributed by atoms with Gasteiger partial charge in [-0.15, -0.1) is 0 Å². The zero-order valence-electron chi connectivity index (χ0n) is 10.1. The first-order chi connectivity index (χ1) is 5.90. The molecule has 0 aliphatic rings. The highest BCUT2D eigenvalue weighted by molar-refractivity contribution is 4.79. The highest BCUT2D eigenvalue weighted by Crippen LogP contribution is 2.09. The number of rotatable bonds is 5. The van der Waals surface area contributed by atoms with Crippen LogP contribution < -0.4 is 10.6 Å². The molecular formula is C11H26N2. The maximum atomic E-state index is 3.60. The molecule has 0 aliphatic heterocycles. The molecule has 0 fully saturated rings. The molecule has 80 valence electrons. The van der Waals surface area contributed by atoms with Gasteiger partial charge < -0.3 is 5.32 Å². The fourth-order valence-electron chi connectivity index (χ4n) is 1.32. The molecule has 0 aromatic carbocycles. The van der Waals surface area contributed by atoms with Crippen molar-refractivity contribution in [3.63, 3.8) is 0 Å². The molecule has 0 saturated carbocycles. The predicted octanol–water partition coefficient (Wildman–Crippen LogP) is 2.36. The minimum Gasteiger partial charge on any atom is -0.302 e. The molecule has 2 N–H and O–H groups in total. The van der Waals surface area contributed by atoms with Crippen LogP contribution in [0.2, 0.25) is 0 Å². The van der Waals surface area contributed by atoms with Crippen LogP contribution in [0.1, 0.15) is 48.0 Å². The molecule has 0 aromatic heterocycles. The van der Waals surface area contributed by atoms with Gasteiger partial charge in [0.25, 0.3) is 0 Å². The topological polar surface area (TPSA) is 24.1 Å². The third-order valence-corrected chi connectivity index (χ3v) is 2.23. The molecule has 0 aliphatic carbocycles. The molecular weight excluding hydrogens is 160 g/mol. The summed E-state index contributed by atoms with van der Waals surface area (Å²) in [5.41, 5.74) is 0.191. The molecule has 0 amide bonds. The summed E-state index contributed by atoms with van der Waals surface area (Å²) >= 11 is 0. The van der Waals surface area contributed by atoms with Gasteiger partial charge in [0, 0.05) is 5.54 Å². The Morgan fingerprint density at radius 1 is 1.15 bits per heavy atom. The number of nitrogens with one attached hydrogen (secondary N) is 2. The van der Waals surface area contributed by atoms with Crippen molar-refractivity contribution in [2.75, 3.05) is 6.54 Å². The molecule has 2 unspecified atom stereocenters. The Morgan fingerprint density at radius 2 is 1.69 bits per heavy atom. The van der Waals surface area contributed by atoms with E-state index in [1.54, 1.807) is 0 Å². The van der Waals surface area contributed by atoms with Crippen LogP contribution >= 0.6 is 0 Å². The zero-order chi connectivity index (χ0) is 10.5. The minimum absolute atomic E-state index is 0.191. The predicted molar refractivity (Wildman–Crippen MR) is 59.8 cm³/mol. The fourth-order valence-corrected chi connectivity index (χ4v) is 1.32. The quantitative estimate of drug-likeness (QED) is 0.644. The van der Waals surface area contributed by atoms with Crippen LogP contribution in [-0.2, 0) is 0 Å². The van der Waals surface area contributed by atoms with Crippen LogP contribution in [-0.4, -0.2) is 18.2 Å². The van der Waals surface area contributed by atoms with E-state index in [4.69, 9.17) is 0 Å². The normalized spacial score (nSPS) is 17.1. The Bertz CT molecular complexity index is 127. The Balaban J connectivity index is 4.09.